The van der Waals surface area contributed by atoms with Gasteiger partial charge in [-0.15, -0.1) is 0 Å². The number of aliphatic carboxylic acids is 1. The molecule has 1 aromatic carbocycles. The molecule has 0 radical (unpaired) electrons. The Morgan fingerprint density at radius 2 is 2.14 bits per heavy atom. The van der Waals surface area contributed by atoms with Crippen molar-refractivity contribution < 1.29 is 19.4 Å². The fraction of sp³-hybridized carbons (Fsp3) is 0.357. The first-order chi connectivity index (χ1) is 10.1. The van der Waals surface area contributed by atoms with Crippen LogP contribution in [0.4, 0.5) is 4.79 Å². The summed E-state index contributed by atoms with van der Waals surface area (Å²) in [6, 6.07) is 8.75. The monoisotopic (exact) mass is 289 g/mol. The SMILES string of the molecule is N#CC1CN(C(=O)NC(C(=O)O)c2ccccc2)CCO1. The number of benzene rings is 1. The van der Waals surface area contributed by atoms with Crippen molar-refractivity contribution in [3.8, 4) is 6.07 Å². The summed E-state index contributed by atoms with van der Waals surface area (Å²) in [5.41, 5.74) is 0.489. The Hall–Kier alpha value is -2.59. The predicted octanol–water partition coefficient (Wildman–Crippen LogP) is 0.746. The zero-order chi connectivity index (χ0) is 15.2. The van der Waals surface area contributed by atoms with Crippen LogP contribution in [0.5, 0.6) is 0 Å². The van der Waals surface area contributed by atoms with Crippen LogP contribution in [-0.2, 0) is 9.53 Å². The molecule has 0 saturated carbocycles. The molecule has 1 heterocycles. The Morgan fingerprint density at radius 3 is 2.76 bits per heavy atom. The normalized spacial score (nSPS) is 19.4. The van der Waals surface area contributed by atoms with Crippen LogP contribution in [-0.4, -0.2) is 47.8 Å². The highest BCUT2D eigenvalue weighted by Crippen LogP contribution is 2.14. The van der Waals surface area contributed by atoms with Crippen molar-refractivity contribution in [1.29, 1.82) is 5.26 Å². The summed E-state index contributed by atoms with van der Waals surface area (Å²) in [7, 11) is 0. The fourth-order valence-corrected chi connectivity index (χ4v) is 2.06. The molecule has 2 rings (SSSR count). The lowest BCUT2D eigenvalue weighted by atomic mass is 10.1. The lowest BCUT2D eigenvalue weighted by Crippen LogP contribution is -2.50. The van der Waals surface area contributed by atoms with E-state index in [4.69, 9.17) is 10.00 Å². The van der Waals surface area contributed by atoms with Crippen LogP contribution in [0.25, 0.3) is 0 Å². The molecule has 110 valence electrons. The molecule has 0 spiro atoms. The van der Waals surface area contributed by atoms with Gasteiger partial charge in [-0.2, -0.15) is 5.26 Å². The number of ether oxygens (including phenoxy) is 1. The summed E-state index contributed by atoms with van der Waals surface area (Å²) in [6.07, 6.45) is -0.676. The van der Waals surface area contributed by atoms with Gasteiger partial charge in [0.2, 0.25) is 0 Å². The Balaban J connectivity index is 2.06. The second-order valence-corrected chi connectivity index (χ2v) is 4.57. The van der Waals surface area contributed by atoms with Crippen LogP contribution in [0.1, 0.15) is 11.6 Å². The van der Waals surface area contributed by atoms with Crippen LogP contribution in [0.3, 0.4) is 0 Å². The maximum absolute atomic E-state index is 12.1. The van der Waals surface area contributed by atoms with Crippen LogP contribution >= 0.6 is 0 Å². The molecule has 2 N–H and O–H groups in total. The molecule has 1 aromatic rings. The molecule has 1 saturated heterocycles. The van der Waals surface area contributed by atoms with E-state index in [0.29, 0.717) is 12.1 Å². The van der Waals surface area contributed by atoms with Crippen LogP contribution in [0, 0.1) is 11.3 Å². The molecule has 1 aliphatic rings. The van der Waals surface area contributed by atoms with Crippen molar-refractivity contribution >= 4 is 12.0 Å². The second kappa shape index (κ2) is 6.72. The second-order valence-electron chi connectivity index (χ2n) is 4.57. The number of carboxylic acid groups (broad SMARTS) is 1. The van der Waals surface area contributed by atoms with Crippen LogP contribution in [0.2, 0.25) is 0 Å². The van der Waals surface area contributed by atoms with E-state index in [9.17, 15) is 14.7 Å². The number of carboxylic acids is 1. The average molecular weight is 289 g/mol. The first kappa shape index (κ1) is 14.8. The quantitative estimate of drug-likeness (QED) is 0.854. The summed E-state index contributed by atoms with van der Waals surface area (Å²) in [5.74, 6) is -1.14. The van der Waals surface area contributed by atoms with Crippen molar-refractivity contribution in [2.75, 3.05) is 19.7 Å². The minimum atomic E-state index is -1.14. The van der Waals surface area contributed by atoms with Crippen molar-refractivity contribution in [1.82, 2.24) is 10.2 Å². The van der Waals surface area contributed by atoms with Gasteiger partial charge in [0.05, 0.1) is 19.2 Å². The summed E-state index contributed by atoms with van der Waals surface area (Å²) >= 11 is 0. The van der Waals surface area contributed by atoms with Gasteiger partial charge in [-0.25, -0.2) is 9.59 Å². The Morgan fingerprint density at radius 1 is 1.43 bits per heavy atom. The Kier molecular flexibility index (Phi) is 4.74. The molecule has 2 unspecified atom stereocenters. The molecule has 0 aromatic heterocycles. The van der Waals surface area contributed by atoms with E-state index in [1.54, 1.807) is 30.3 Å². The molecular formula is C14H15N3O4. The number of morpholine rings is 1. The third-order valence-electron chi connectivity index (χ3n) is 3.15. The van der Waals surface area contributed by atoms with Crippen molar-refractivity contribution in [3.05, 3.63) is 35.9 Å². The number of carbonyl (C=O) groups is 2. The average Bonchev–Trinajstić information content (AvgIpc) is 2.53. The Bertz CT molecular complexity index is 555. The van der Waals surface area contributed by atoms with Gasteiger partial charge in [-0.1, -0.05) is 30.3 Å². The van der Waals surface area contributed by atoms with Gasteiger partial charge in [0, 0.05) is 6.54 Å². The molecule has 0 bridgehead atoms. The first-order valence-corrected chi connectivity index (χ1v) is 6.46. The van der Waals surface area contributed by atoms with E-state index in [1.165, 1.54) is 4.90 Å². The molecular weight excluding hydrogens is 274 g/mol. The number of nitrogens with one attached hydrogen (secondary N) is 1. The minimum Gasteiger partial charge on any atom is -0.479 e. The molecule has 2 atom stereocenters. The molecule has 21 heavy (non-hydrogen) atoms. The summed E-state index contributed by atoms with van der Waals surface area (Å²) in [6.45, 7) is 0.712. The highest BCUT2D eigenvalue weighted by Gasteiger charge is 2.28. The van der Waals surface area contributed by atoms with Gasteiger partial charge in [0.25, 0.3) is 0 Å². The number of rotatable bonds is 3. The predicted molar refractivity (Wildman–Crippen MR) is 72.3 cm³/mol. The summed E-state index contributed by atoms with van der Waals surface area (Å²) < 4.78 is 5.15. The van der Waals surface area contributed by atoms with Gasteiger partial charge < -0.3 is 20.1 Å². The number of urea groups is 1. The number of amides is 2. The highest BCUT2D eigenvalue weighted by atomic mass is 16.5. The maximum atomic E-state index is 12.1. The van der Waals surface area contributed by atoms with E-state index in [0.717, 1.165) is 0 Å². The molecule has 7 nitrogen and oxygen atoms in total. The van der Waals surface area contributed by atoms with Gasteiger partial charge >= 0.3 is 12.0 Å². The van der Waals surface area contributed by atoms with E-state index in [2.05, 4.69) is 5.32 Å². The first-order valence-electron chi connectivity index (χ1n) is 6.46. The highest BCUT2D eigenvalue weighted by molar-refractivity contribution is 5.83. The van der Waals surface area contributed by atoms with Gasteiger partial charge in [-0.05, 0) is 5.56 Å². The third-order valence-corrected chi connectivity index (χ3v) is 3.15. The molecule has 7 heteroatoms. The zero-order valence-corrected chi connectivity index (χ0v) is 11.2. The van der Waals surface area contributed by atoms with E-state index >= 15 is 0 Å². The third kappa shape index (κ3) is 3.70. The minimum absolute atomic E-state index is 0.128. The number of carbonyl (C=O) groups excluding carboxylic acids is 1. The fourth-order valence-electron chi connectivity index (χ4n) is 2.06. The van der Waals surface area contributed by atoms with Crippen molar-refractivity contribution in [3.63, 3.8) is 0 Å². The van der Waals surface area contributed by atoms with Crippen LogP contribution in [0.15, 0.2) is 30.3 Å². The maximum Gasteiger partial charge on any atom is 0.330 e. The van der Waals surface area contributed by atoms with Gasteiger partial charge in [0.15, 0.2) is 12.1 Å². The summed E-state index contributed by atoms with van der Waals surface area (Å²) in [4.78, 5) is 24.8. The van der Waals surface area contributed by atoms with E-state index < -0.39 is 24.1 Å². The molecule has 1 fully saturated rings. The van der Waals surface area contributed by atoms with Gasteiger partial charge in [0.1, 0.15) is 0 Å². The van der Waals surface area contributed by atoms with Gasteiger partial charge in [-0.3, -0.25) is 0 Å². The van der Waals surface area contributed by atoms with Crippen molar-refractivity contribution in [2.24, 2.45) is 0 Å². The number of hydrogen-bond donors (Lipinski definition) is 2. The number of hydrogen-bond acceptors (Lipinski definition) is 4. The molecule has 2 amide bonds. The standard InChI is InChI=1S/C14H15N3O4/c15-8-11-9-17(6-7-21-11)14(20)16-12(13(18)19)10-4-2-1-3-5-10/h1-5,11-12H,6-7,9H2,(H,16,20)(H,18,19). The lowest BCUT2D eigenvalue weighted by Gasteiger charge is -2.30. The van der Waals surface area contributed by atoms with Crippen molar-refractivity contribution in [2.45, 2.75) is 12.1 Å². The topological polar surface area (TPSA) is 103 Å². The largest absolute Gasteiger partial charge is 0.479 e. The Labute approximate surface area is 121 Å². The smallest absolute Gasteiger partial charge is 0.330 e. The number of nitriles is 1. The van der Waals surface area contributed by atoms with Crippen LogP contribution < -0.4 is 5.32 Å². The van der Waals surface area contributed by atoms with E-state index in [1.807, 2.05) is 6.07 Å². The molecule has 1 aliphatic heterocycles. The number of nitrogens with zero attached hydrogens (tertiary/aromatic N) is 2. The summed E-state index contributed by atoms with van der Waals surface area (Å²) in [5, 5.41) is 20.5. The zero-order valence-electron chi connectivity index (χ0n) is 11.2. The van der Waals surface area contributed by atoms with E-state index in [-0.39, 0.29) is 13.2 Å². The lowest BCUT2D eigenvalue weighted by molar-refractivity contribution is -0.139. The molecule has 0 aliphatic carbocycles.